The summed E-state index contributed by atoms with van der Waals surface area (Å²) < 4.78 is 2.06. The first-order valence-electron chi connectivity index (χ1n) is 7.21. The number of nitrogens with zero attached hydrogens (tertiary/aromatic N) is 5. The van der Waals surface area contributed by atoms with E-state index in [9.17, 15) is 0 Å². The molecule has 0 spiro atoms. The van der Waals surface area contributed by atoms with Crippen molar-refractivity contribution in [3.63, 3.8) is 0 Å². The zero-order valence-corrected chi connectivity index (χ0v) is 15.3. The molecule has 0 bridgehead atoms. The number of benzene rings is 1. The van der Waals surface area contributed by atoms with Gasteiger partial charge in [0, 0.05) is 33.4 Å². The van der Waals surface area contributed by atoms with Crippen LogP contribution in [0.1, 0.15) is 5.56 Å². The van der Waals surface area contributed by atoms with Gasteiger partial charge in [0.1, 0.15) is 11.0 Å². The molecule has 3 rings (SSSR count). The highest BCUT2D eigenvalue weighted by Gasteiger charge is 2.14. The third-order valence-electron chi connectivity index (χ3n) is 3.54. The van der Waals surface area contributed by atoms with Gasteiger partial charge in [-0.2, -0.15) is 0 Å². The third kappa shape index (κ3) is 3.40. The van der Waals surface area contributed by atoms with Gasteiger partial charge < -0.3 is 9.80 Å². The van der Waals surface area contributed by atoms with Crippen molar-refractivity contribution in [2.45, 2.75) is 10.9 Å². The van der Waals surface area contributed by atoms with Crippen LogP contribution in [0.5, 0.6) is 0 Å². The molecule has 5 nitrogen and oxygen atoms in total. The molecule has 2 heterocycles. The molecule has 0 aliphatic carbocycles. The Labute approximate surface area is 144 Å². The monoisotopic (exact) mass is 345 g/mol. The Bertz CT molecular complexity index is 815. The maximum atomic E-state index is 4.52. The predicted octanol–water partition coefficient (Wildman–Crippen LogP) is 3.51. The number of rotatable bonds is 5. The normalized spacial score (nSPS) is 11.0. The topological polar surface area (TPSA) is 45.2 Å². The maximum absolute atomic E-state index is 4.52. The average Bonchev–Trinajstić information content (AvgIpc) is 2.98. The summed E-state index contributed by atoms with van der Waals surface area (Å²) in [7, 11) is 6.17. The summed E-state index contributed by atoms with van der Waals surface area (Å²) >= 11 is 3.29. The largest absolute Gasteiger partial charge is 0.378 e. The Hall–Kier alpha value is -1.86. The number of thioether (sulfide) groups is 1. The molecule has 1 aromatic carbocycles. The standard InChI is InChI=1S/C16H19N5S2/c1-20(2)12-7-5-6-11(8-12)9-21(3)15-13-14(17-10-18-15)19-16(22-4)23-13/h5-8,10H,9H2,1-4H3. The van der Waals surface area contributed by atoms with Crippen molar-refractivity contribution in [3.8, 4) is 0 Å². The summed E-state index contributed by atoms with van der Waals surface area (Å²) in [6.07, 6.45) is 3.62. The van der Waals surface area contributed by atoms with E-state index in [1.54, 1.807) is 29.4 Å². The van der Waals surface area contributed by atoms with Gasteiger partial charge >= 0.3 is 0 Å². The van der Waals surface area contributed by atoms with E-state index in [4.69, 9.17) is 0 Å². The number of fused-ring (bicyclic) bond motifs is 1. The highest BCUT2D eigenvalue weighted by Crippen LogP contribution is 2.32. The van der Waals surface area contributed by atoms with Crippen molar-refractivity contribution in [1.82, 2.24) is 15.0 Å². The van der Waals surface area contributed by atoms with Crippen molar-refractivity contribution in [3.05, 3.63) is 36.2 Å². The summed E-state index contributed by atoms with van der Waals surface area (Å²) in [5, 5.41) is 0. The molecule has 0 saturated carbocycles. The summed E-state index contributed by atoms with van der Waals surface area (Å²) in [5.74, 6) is 0.933. The Kier molecular flexibility index (Phi) is 4.68. The summed E-state index contributed by atoms with van der Waals surface area (Å²) in [6, 6.07) is 8.55. The van der Waals surface area contributed by atoms with E-state index in [1.807, 2.05) is 6.26 Å². The fourth-order valence-electron chi connectivity index (χ4n) is 2.36. The van der Waals surface area contributed by atoms with E-state index in [1.165, 1.54) is 11.3 Å². The Balaban J connectivity index is 1.90. The van der Waals surface area contributed by atoms with Crippen LogP contribution in [-0.2, 0) is 6.54 Å². The number of thiazole rings is 1. The van der Waals surface area contributed by atoms with Crippen LogP contribution >= 0.6 is 23.1 Å². The van der Waals surface area contributed by atoms with Crippen molar-refractivity contribution in [2.75, 3.05) is 37.2 Å². The lowest BCUT2D eigenvalue weighted by Crippen LogP contribution is -2.18. The molecule has 120 valence electrons. The van der Waals surface area contributed by atoms with Gasteiger partial charge in [0.25, 0.3) is 0 Å². The quantitative estimate of drug-likeness (QED) is 0.660. The van der Waals surface area contributed by atoms with Crippen molar-refractivity contribution in [2.24, 2.45) is 0 Å². The Morgan fingerprint density at radius 2 is 2.00 bits per heavy atom. The van der Waals surface area contributed by atoms with Gasteiger partial charge in [0.15, 0.2) is 15.8 Å². The van der Waals surface area contributed by atoms with E-state index in [2.05, 4.69) is 70.2 Å². The SMILES string of the molecule is CSc1nc2ncnc(N(C)Cc3cccc(N(C)C)c3)c2s1. The fraction of sp³-hybridized carbons (Fsp3) is 0.312. The predicted molar refractivity (Wildman–Crippen MR) is 99.9 cm³/mol. The second kappa shape index (κ2) is 6.72. The van der Waals surface area contributed by atoms with Crippen LogP contribution in [0.2, 0.25) is 0 Å². The molecule has 0 unspecified atom stereocenters. The van der Waals surface area contributed by atoms with E-state index >= 15 is 0 Å². The second-order valence-electron chi connectivity index (χ2n) is 5.45. The average molecular weight is 345 g/mol. The minimum Gasteiger partial charge on any atom is -0.378 e. The van der Waals surface area contributed by atoms with E-state index < -0.39 is 0 Å². The highest BCUT2D eigenvalue weighted by molar-refractivity contribution is 8.00. The first-order valence-corrected chi connectivity index (χ1v) is 9.25. The van der Waals surface area contributed by atoms with Gasteiger partial charge in [-0.25, -0.2) is 15.0 Å². The first kappa shape index (κ1) is 16.0. The zero-order valence-electron chi connectivity index (χ0n) is 13.6. The van der Waals surface area contributed by atoms with E-state index in [0.717, 1.165) is 27.0 Å². The molecule has 0 atom stereocenters. The van der Waals surface area contributed by atoms with Crippen LogP contribution in [0.15, 0.2) is 34.9 Å². The molecule has 0 fully saturated rings. The number of hydrogen-bond acceptors (Lipinski definition) is 7. The minimum atomic E-state index is 0.776. The first-order chi connectivity index (χ1) is 11.1. The summed E-state index contributed by atoms with van der Waals surface area (Å²) in [4.78, 5) is 17.5. The van der Waals surface area contributed by atoms with Crippen LogP contribution < -0.4 is 9.80 Å². The molecule has 0 aliphatic heterocycles. The lowest BCUT2D eigenvalue weighted by atomic mass is 10.2. The molecular weight excluding hydrogens is 326 g/mol. The van der Waals surface area contributed by atoms with Crippen LogP contribution in [0, 0.1) is 0 Å². The highest BCUT2D eigenvalue weighted by atomic mass is 32.2. The molecular formula is C16H19N5S2. The summed E-state index contributed by atoms with van der Waals surface area (Å²) in [5.41, 5.74) is 3.23. The molecule has 0 amide bonds. The number of aromatic nitrogens is 3. The van der Waals surface area contributed by atoms with Crippen LogP contribution in [-0.4, -0.2) is 42.4 Å². The van der Waals surface area contributed by atoms with Gasteiger partial charge in [-0.1, -0.05) is 23.9 Å². The van der Waals surface area contributed by atoms with Crippen LogP contribution in [0.25, 0.3) is 10.3 Å². The lowest BCUT2D eigenvalue weighted by molar-refractivity contribution is 0.899. The van der Waals surface area contributed by atoms with Crippen molar-refractivity contribution in [1.29, 1.82) is 0 Å². The zero-order chi connectivity index (χ0) is 16.4. The van der Waals surface area contributed by atoms with E-state index in [-0.39, 0.29) is 0 Å². The second-order valence-corrected chi connectivity index (χ2v) is 7.51. The van der Waals surface area contributed by atoms with Gasteiger partial charge in [0.2, 0.25) is 0 Å². The molecule has 0 saturated heterocycles. The maximum Gasteiger partial charge on any atom is 0.176 e. The third-order valence-corrected chi connectivity index (χ3v) is 5.56. The minimum absolute atomic E-state index is 0.776. The molecule has 3 aromatic rings. The van der Waals surface area contributed by atoms with Gasteiger partial charge in [-0.05, 0) is 24.0 Å². The smallest absolute Gasteiger partial charge is 0.176 e. The van der Waals surface area contributed by atoms with Crippen molar-refractivity contribution >= 4 is 45.0 Å². The van der Waals surface area contributed by atoms with E-state index in [0.29, 0.717) is 0 Å². The van der Waals surface area contributed by atoms with Crippen molar-refractivity contribution < 1.29 is 0 Å². The molecule has 0 aliphatic rings. The lowest BCUT2D eigenvalue weighted by Gasteiger charge is -2.20. The summed E-state index contributed by atoms with van der Waals surface area (Å²) in [6.45, 7) is 0.792. The van der Waals surface area contributed by atoms with Gasteiger partial charge in [0.05, 0.1) is 0 Å². The van der Waals surface area contributed by atoms with Crippen LogP contribution in [0.3, 0.4) is 0 Å². The van der Waals surface area contributed by atoms with Gasteiger partial charge in [-0.3, -0.25) is 0 Å². The number of hydrogen-bond donors (Lipinski definition) is 0. The fourth-order valence-corrected chi connectivity index (χ4v) is 3.92. The van der Waals surface area contributed by atoms with Gasteiger partial charge in [-0.15, -0.1) is 11.3 Å². The molecule has 0 radical (unpaired) electrons. The molecule has 2 aromatic heterocycles. The Morgan fingerprint density at radius 3 is 2.74 bits per heavy atom. The number of anilines is 2. The molecule has 0 N–H and O–H groups in total. The molecule has 23 heavy (non-hydrogen) atoms. The molecule has 7 heteroatoms. The Morgan fingerprint density at radius 1 is 1.17 bits per heavy atom. The van der Waals surface area contributed by atoms with Crippen LogP contribution in [0.4, 0.5) is 11.5 Å².